The number of benzene rings is 2. The molecule has 1 amide bonds. The minimum atomic E-state index is -0.768. The second kappa shape index (κ2) is 6.56. The molecule has 3 aromatic heterocycles. The third kappa shape index (κ3) is 2.56. The van der Waals surface area contributed by atoms with E-state index in [1.165, 1.54) is 23.3 Å². The van der Waals surface area contributed by atoms with Crippen LogP contribution >= 0.6 is 0 Å². The lowest BCUT2D eigenvalue weighted by Crippen LogP contribution is -2.33. The zero-order chi connectivity index (χ0) is 24.1. The molecule has 0 spiro atoms. The summed E-state index contributed by atoms with van der Waals surface area (Å²) in [6.45, 7) is 3.83. The van der Waals surface area contributed by atoms with Crippen LogP contribution in [0.25, 0.3) is 33.2 Å². The van der Waals surface area contributed by atoms with E-state index in [9.17, 15) is 14.9 Å². The van der Waals surface area contributed by atoms with Gasteiger partial charge in [-0.05, 0) is 68.0 Å². The number of carbonyl (C=O) groups excluding carboxylic acids is 1. The number of aromatic nitrogens is 5. The number of hydrogen-bond acceptors (Lipinski definition) is 5. The Labute approximate surface area is 198 Å². The van der Waals surface area contributed by atoms with Crippen LogP contribution in [0.5, 0.6) is 0 Å². The predicted molar refractivity (Wildman–Crippen MR) is 131 cm³/mol. The van der Waals surface area contributed by atoms with E-state index in [0.29, 0.717) is 16.7 Å². The SMILES string of the molecule is CC1(C)C(=O)N(c2n[nH]c3cc([N+](=O)[O-])ccc23)c2cc3c4c([nH]c3cc21)-c1n[nH]cc1CCC4. The molecule has 0 unspecified atom stereocenters. The molecule has 10 nitrogen and oxygen atoms in total. The molecular formula is C25H21N7O3. The first-order valence-electron chi connectivity index (χ1n) is 11.5. The second-order valence-corrected chi connectivity index (χ2v) is 9.81. The van der Waals surface area contributed by atoms with Gasteiger partial charge in [0.1, 0.15) is 5.69 Å². The van der Waals surface area contributed by atoms with Gasteiger partial charge in [-0.25, -0.2) is 0 Å². The Morgan fingerprint density at radius 1 is 1.09 bits per heavy atom. The number of hydrogen-bond donors (Lipinski definition) is 3. The molecule has 0 fully saturated rings. The Balaban J connectivity index is 1.46. The highest BCUT2D eigenvalue weighted by Gasteiger charge is 2.46. The largest absolute Gasteiger partial charge is 0.353 e. The number of nitro benzene ring substituents is 1. The Hall–Kier alpha value is -4.47. The van der Waals surface area contributed by atoms with Gasteiger partial charge in [-0.2, -0.15) is 10.2 Å². The Morgan fingerprint density at radius 3 is 2.77 bits per heavy atom. The average molecular weight is 467 g/mol. The van der Waals surface area contributed by atoms with E-state index in [-0.39, 0.29) is 11.6 Å². The summed E-state index contributed by atoms with van der Waals surface area (Å²) in [6.07, 6.45) is 4.85. The third-order valence-corrected chi connectivity index (χ3v) is 7.45. The second-order valence-electron chi connectivity index (χ2n) is 9.81. The summed E-state index contributed by atoms with van der Waals surface area (Å²) < 4.78 is 0. The van der Waals surface area contributed by atoms with Crippen molar-refractivity contribution in [2.24, 2.45) is 0 Å². The maximum atomic E-state index is 13.7. The van der Waals surface area contributed by atoms with Crippen molar-refractivity contribution in [3.05, 3.63) is 63.3 Å². The maximum absolute atomic E-state index is 13.7. The van der Waals surface area contributed by atoms with Gasteiger partial charge in [0.05, 0.1) is 27.2 Å². The standard InChI is InChI=1S/C25H21N7O3/c1-25(2)17-10-18-16(14-5-3-4-12-11-26-29-21(12)22(14)27-18)9-20(17)31(24(25)33)23-15-7-6-13(32(34)35)8-19(15)28-30-23/h6-11,27H,3-5H2,1-2H3,(H,26,29)(H,28,30). The fourth-order valence-corrected chi connectivity index (χ4v) is 5.60. The molecule has 0 saturated carbocycles. The van der Waals surface area contributed by atoms with Crippen LogP contribution in [0.4, 0.5) is 17.2 Å². The fraction of sp³-hybridized carbons (Fsp3) is 0.240. The molecule has 10 heteroatoms. The molecule has 2 aromatic carbocycles. The minimum Gasteiger partial charge on any atom is -0.353 e. The van der Waals surface area contributed by atoms with Crippen LogP contribution < -0.4 is 4.90 Å². The first-order chi connectivity index (χ1) is 16.8. The number of fused-ring (bicyclic) bond motifs is 7. The van der Waals surface area contributed by atoms with Crippen LogP contribution in [0.1, 0.15) is 37.0 Å². The molecule has 0 saturated heterocycles. The highest BCUT2D eigenvalue weighted by atomic mass is 16.6. The molecule has 7 rings (SSSR count). The number of anilines is 2. The Morgan fingerprint density at radius 2 is 1.94 bits per heavy atom. The first kappa shape index (κ1) is 20.0. The summed E-state index contributed by atoms with van der Waals surface area (Å²) in [4.78, 5) is 29.7. The van der Waals surface area contributed by atoms with E-state index in [0.717, 1.165) is 52.8 Å². The number of nitro groups is 1. The maximum Gasteiger partial charge on any atom is 0.271 e. The molecule has 174 valence electrons. The summed E-state index contributed by atoms with van der Waals surface area (Å²) in [5.74, 6) is 0.356. The molecule has 5 aromatic rings. The topological polar surface area (TPSA) is 137 Å². The average Bonchev–Trinajstić information content (AvgIpc) is 3.56. The molecule has 1 aliphatic carbocycles. The number of carbonyl (C=O) groups is 1. The number of nitrogens with one attached hydrogen (secondary N) is 3. The highest BCUT2D eigenvalue weighted by molar-refractivity contribution is 6.17. The number of rotatable bonds is 2. The predicted octanol–water partition coefficient (Wildman–Crippen LogP) is 4.79. The Kier molecular flexibility index (Phi) is 3.74. The summed E-state index contributed by atoms with van der Waals surface area (Å²) >= 11 is 0. The summed E-state index contributed by atoms with van der Waals surface area (Å²) in [5, 5.41) is 27.7. The number of H-pyrrole nitrogens is 3. The smallest absolute Gasteiger partial charge is 0.271 e. The van der Waals surface area contributed by atoms with Crippen molar-refractivity contribution in [3.8, 4) is 11.4 Å². The number of aromatic amines is 3. The van der Waals surface area contributed by atoms with Crippen molar-refractivity contribution in [1.82, 2.24) is 25.4 Å². The zero-order valence-corrected chi connectivity index (χ0v) is 19.1. The van der Waals surface area contributed by atoms with Gasteiger partial charge in [-0.1, -0.05) is 0 Å². The molecule has 1 aliphatic heterocycles. The van der Waals surface area contributed by atoms with Gasteiger partial charge in [0, 0.05) is 34.6 Å². The number of nitrogens with zero attached hydrogens (tertiary/aromatic N) is 4. The summed E-state index contributed by atoms with van der Waals surface area (Å²) in [7, 11) is 0. The van der Waals surface area contributed by atoms with Crippen LogP contribution in [-0.4, -0.2) is 36.2 Å². The number of aryl methyl sites for hydroxylation is 2. The van der Waals surface area contributed by atoms with E-state index in [2.05, 4.69) is 37.5 Å². The lowest BCUT2D eigenvalue weighted by Gasteiger charge is -2.18. The van der Waals surface area contributed by atoms with E-state index in [4.69, 9.17) is 0 Å². The van der Waals surface area contributed by atoms with Crippen LogP contribution in [0, 0.1) is 10.1 Å². The van der Waals surface area contributed by atoms with Crippen LogP contribution in [0.15, 0.2) is 36.5 Å². The van der Waals surface area contributed by atoms with Gasteiger partial charge in [0.25, 0.3) is 5.69 Å². The highest BCUT2D eigenvalue weighted by Crippen LogP contribution is 2.49. The fourth-order valence-electron chi connectivity index (χ4n) is 5.60. The van der Waals surface area contributed by atoms with Gasteiger partial charge < -0.3 is 4.98 Å². The van der Waals surface area contributed by atoms with Crippen molar-refractivity contribution in [3.63, 3.8) is 0 Å². The van der Waals surface area contributed by atoms with Gasteiger partial charge >= 0.3 is 0 Å². The lowest BCUT2D eigenvalue weighted by molar-refractivity contribution is -0.384. The first-order valence-corrected chi connectivity index (χ1v) is 11.5. The zero-order valence-electron chi connectivity index (χ0n) is 19.1. The number of amides is 1. The van der Waals surface area contributed by atoms with Gasteiger partial charge in [-0.15, -0.1) is 0 Å². The van der Waals surface area contributed by atoms with E-state index in [1.54, 1.807) is 11.0 Å². The van der Waals surface area contributed by atoms with E-state index < -0.39 is 10.3 Å². The normalized spacial score (nSPS) is 16.4. The lowest BCUT2D eigenvalue weighted by atomic mass is 9.85. The van der Waals surface area contributed by atoms with Crippen molar-refractivity contribution in [2.75, 3.05) is 4.90 Å². The minimum absolute atomic E-state index is 0.0318. The molecule has 0 atom stereocenters. The van der Waals surface area contributed by atoms with Crippen molar-refractivity contribution in [2.45, 2.75) is 38.5 Å². The summed E-state index contributed by atoms with van der Waals surface area (Å²) in [5.41, 5.74) is 6.79. The van der Waals surface area contributed by atoms with Crippen LogP contribution in [0.2, 0.25) is 0 Å². The monoisotopic (exact) mass is 467 g/mol. The van der Waals surface area contributed by atoms with Gasteiger partial charge in [0.15, 0.2) is 5.82 Å². The van der Waals surface area contributed by atoms with Crippen molar-refractivity contribution in [1.29, 1.82) is 0 Å². The molecule has 4 heterocycles. The molecule has 0 radical (unpaired) electrons. The van der Waals surface area contributed by atoms with Crippen LogP contribution in [-0.2, 0) is 23.1 Å². The van der Waals surface area contributed by atoms with E-state index in [1.807, 2.05) is 20.0 Å². The van der Waals surface area contributed by atoms with Crippen molar-refractivity contribution < 1.29 is 9.72 Å². The van der Waals surface area contributed by atoms with Crippen LogP contribution in [0.3, 0.4) is 0 Å². The molecule has 3 N–H and O–H groups in total. The molecular weight excluding hydrogens is 446 g/mol. The number of non-ortho nitro benzene ring substituents is 1. The van der Waals surface area contributed by atoms with Gasteiger partial charge in [0.2, 0.25) is 5.91 Å². The molecule has 35 heavy (non-hydrogen) atoms. The quantitative estimate of drug-likeness (QED) is 0.253. The van der Waals surface area contributed by atoms with Gasteiger partial charge in [-0.3, -0.25) is 30.0 Å². The van der Waals surface area contributed by atoms with Crippen molar-refractivity contribution >= 4 is 44.9 Å². The summed E-state index contributed by atoms with van der Waals surface area (Å²) in [6, 6.07) is 8.67. The third-order valence-electron chi connectivity index (χ3n) is 7.45. The molecule has 0 bridgehead atoms. The van der Waals surface area contributed by atoms with E-state index >= 15 is 0 Å². The molecule has 2 aliphatic rings. The Bertz CT molecular complexity index is 1720.